The topological polar surface area (TPSA) is 98.2 Å². The first-order valence-electron chi connectivity index (χ1n) is 7.08. The highest BCUT2D eigenvalue weighted by atomic mass is 35.5. The average Bonchev–Trinajstić information content (AvgIpc) is 2.37. The van der Waals surface area contributed by atoms with E-state index in [9.17, 15) is 9.59 Å². The second-order valence-corrected chi connectivity index (χ2v) is 6.47. The van der Waals surface area contributed by atoms with Crippen LogP contribution in [0.2, 0.25) is 0 Å². The fraction of sp³-hybridized carbons (Fsp3) is 0.857. The molecule has 1 aliphatic rings. The third kappa shape index (κ3) is 5.29. The van der Waals surface area contributed by atoms with Crippen LogP contribution < -0.4 is 16.8 Å². The number of carbonyl (C=O) groups excluding carboxylic acids is 2. The van der Waals surface area contributed by atoms with Crippen LogP contribution in [-0.4, -0.2) is 24.9 Å². The first-order chi connectivity index (χ1) is 8.81. The van der Waals surface area contributed by atoms with Crippen molar-refractivity contribution in [3.8, 4) is 0 Å². The van der Waals surface area contributed by atoms with Gasteiger partial charge in [-0.05, 0) is 38.6 Å². The molecule has 0 saturated heterocycles. The van der Waals surface area contributed by atoms with Gasteiger partial charge in [0.05, 0.1) is 5.41 Å². The quantitative estimate of drug-likeness (QED) is 0.690. The van der Waals surface area contributed by atoms with E-state index in [4.69, 9.17) is 11.5 Å². The molecule has 0 bridgehead atoms. The van der Waals surface area contributed by atoms with E-state index in [1.165, 1.54) is 6.42 Å². The molecule has 1 aliphatic carbocycles. The number of hydrogen-bond donors (Lipinski definition) is 3. The molecule has 0 radical (unpaired) electrons. The zero-order valence-electron chi connectivity index (χ0n) is 12.5. The third-order valence-corrected chi connectivity index (χ3v) is 4.28. The Bertz CT molecular complexity index is 339. The Morgan fingerprint density at radius 1 is 1.20 bits per heavy atom. The summed E-state index contributed by atoms with van der Waals surface area (Å²) in [4.78, 5) is 23.2. The van der Waals surface area contributed by atoms with Crippen LogP contribution >= 0.6 is 12.4 Å². The Labute approximate surface area is 127 Å². The molecule has 0 aliphatic heterocycles. The van der Waals surface area contributed by atoms with Gasteiger partial charge in [-0.15, -0.1) is 12.4 Å². The fourth-order valence-corrected chi connectivity index (χ4v) is 2.56. The smallest absolute Gasteiger partial charge is 0.224 e. The molecule has 6 heteroatoms. The molecule has 0 aromatic carbocycles. The predicted molar refractivity (Wildman–Crippen MR) is 82.4 cm³/mol. The van der Waals surface area contributed by atoms with Gasteiger partial charge in [0.25, 0.3) is 0 Å². The highest BCUT2D eigenvalue weighted by Crippen LogP contribution is 2.38. The van der Waals surface area contributed by atoms with Crippen molar-refractivity contribution in [3.05, 3.63) is 0 Å². The maximum absolute atomic E-state index is 12.0. The van der Waals surface area contributed by atoms with E-state index in [0.29, 0.717) is 13.0 Å². The minimum Gasteiger partial charge on any atom is -0.369 e. The first kappa shape index (κ1) is 19.2. The summed E-state index contributed by atoms with van der Waals surface area (Å²) in [5.74, 6) is -0.430. The standard InChI is InChI=1S/C14H27N3O2.ClH/c1-13(2,12(16)19)10-17-11(18)8-14(9-15)6-4-3-5-7-14;/h3-10,15H2,1-2H3,(H2,16,19)(H,17,18);1H. The molecule has 0 heterocycles. The Balaban J connectivity index is 0.00000361. The summed E-state index contributed by atoms with van der Waals surface area (Å²) in [7, 11) is 0. The molecule has 0 spiro atoms. The Hall–Kier alpha value is -0.810. The van der Waals surface area contributed by atoms with Gasteiger partial charge in [-0.2, -0.15) is 0 Å². The Morgan fingerprint density at radius 3 is 2.20 bits per heavy atom. The van der Waals surface area contributed by atoms with Gasteiger partial charge < -0.3 is 16.8 Å². The van der Waals surface area contributed by atoms with Crippen LogP contribution in [0, 0.1) is 10.8 Å². The Kier molecular flexibility index (Phi) is 7.52. The van der Waals surface area contributed by atoms with Crippen molar-refractivity contribution in [2.24, 2.45) is 22.3 Å². The van der Waals surface area contributed by atoms with Crippen molar-refractivity contribution in [2.75, 3.05) is 13.1 Å². The molecule has 118 valence electrons. The lowest BCUT2D eigenvalue weighted by molar-refractivity contribution is -0.127. The second kappa shape index (κ2) is 7.84. The van der Waals surface area contributed by atoms with Gasteiger partial charge in [0.15, 0.2) is 0 Å². The minimum atomic E-state index is -0.710. The number of carbonyl (C=O) groups is 2. The minimum absolute atomic E-state index is 0. The number of nitrogens with two attached hydrogens (primary N) is 2. The molecule has 0 atom stereocenters. The van der Waals surface area contributed by atoms with Gasteiger partial charge in [-0.3, -0.25) is 9.59 Å². The number of amides is 2. The fourth-order valence-electron chi connectivity index (χ4n) is 2.56. The molecule has 20 heavy (non-hydrogen) atoms. The van der Waals surface area contributed by atoms with E-state index in [-0.39, 0.29) is 30.3 Å². The molecule has 1 rings (SSSR count). The largest absolute Gasteiger partial charge is 0.369 e. The summed E-state index contributed by atoms with van der Waals surface area (Å²) >= 11 is 0. The number of hydrogen-bond acceptors (Lipinski definition) is 3. The van der Waals surface area contributed by atoms with Crippen LogP contribution in [0.3, 0.4) is 0 Å². The number of primary amides is 1. The van der Waals surface area contributed by atoms with Crippen LogP contribution in [0.5, 0.6) is 0 Å². The number of halogens is 1. The summed E-state index contributed by atoms with van der Waals surface area (Å²) in [6.07, 6.45) is 6.04. The van der Waals surface area contributed by atoms with Crippen LogP contribution in [0.4, 0.5) is 0 Å². The van der Waals surface area contributed by atoms with Crippen molar-refractivity contribution in [2.45, 2.75) is 52.4 Å². The van der Waals surface area contributed by atoms with Gasteiger partial charge in [-0.25, -0.2) is 0 Å². The van der Waals surface area contributed by atoms with Gasteiger partial charge in [0, 0.05) is 13.0 Å². The van der Waals surface area contributed by atoms with Crippen molar-refractivity contribution in [1.82, 2.24) is 5.32 Å². The summed E-state index contributed by atoms with van der Waals surface area (Å²) in [6.45, 7) is 4.30. The normalized spacial score (nSPS) is 17.9. The SMILES string of the molecule is CC(C)(CNC(=O)CC1(CN)CCCCC1)C(N)=O.Cl. The van der Waals surface area contributed by atoms with E-state index in [0.717, 1.165) is 25.7 Å². The van der Waals surface area contributed by atoms with E-state index < -0.39 is 11.3 Å². The maximum Gasteiger partial charge on any atom is 0.224 e. The highest BCUT2D eigenvalue weighted by Gasteiger charge is 2.33. The van der Waals surface area contributed by atoms with Crippen LogP contribution in [0.1, 0.15) is 52.4 Å². The zero-order chi connectivity index (χ0) is 14.5. The molecule has 2 amide bonds. The molecule has 0 unspecified atom stereocenters. The van der Waals surface area contributed by atoms with E-state index in [1.807, 2.05) is 0 Å². The Morgan fingerprint density at radius 2 is 1.75 bits per heavy atom. The van der Waals surface area contributed by atoms with E-state index in [1.54, 1.807) is 13.8 Å². The molecule has 5 nitrogen and oxygen atoms in total. The zero-order valence-corrected chi connectivity index (χ0v) is 13.4. The van der Waals surface area contributed by atoms with Gasteiger partial charge in [0.2, 0.25) is 11.8 Å². The third-order valence-electron chi connectivity index (χ3n) is 4.28. The summed E-state index contributed by atoms with van der Waals surface area (Å²) in [5.41, 5.74) is 10.4. The monoisotopic (exact) mass is 305 g/mol. The lowest BCUT2D eigenvalue weighted by atomic mass is 9.71. The number of rotatable bonds is 6. The predicted octanol–water partition coefficient (Wildman–Crippen LogP) is 1.34. The maximum atomic E-state index is 12.0. The highest BCUT2D eigenvalue weighted by molar-refractivity contribution is 5.85. The lowest BCUT2D eigenvalue weighted by Gasteiger charge is -2.36. The van der Waals surface area contributed by atoms with Crippen LogP contribution in [0.25, 0.3) is 0 Å². The molecular weight excluding hydrogens is 278 g/mol. The van der Waals surface area contributed by atoms with Crippen molar-refractivity contribution in [1.29, 1.82) is 0 Å². The molecule has 5 N–H and O–H groups in total. The van der Waals surface area contributed by atoms with E-state index in [2.05, 4.69) is 5.32 Å². The average molecular weight is 306 g/mol. The van der Waals surface area contributed by atoms with Crippen molar-refractivity contribution < 1.29 is 9.59 Å². The first-order valence-corrected chi connectivity index (χ1v) is 7.08. The van der Waals surface area contributed by atoms with Gasteiger partial charge in [0.1, 0.15) is 0 Å². The molecule has 0 aromatic heterocycles. The molecule has 1 saturated carbocycles. The van der Waals surface area contributed by atoms with Crippen molar-refractivity contribution in [3.63, 3.8) is 0 Å². The van der Waals surface area contributed by atoms with E-state index >= 15 is 0 Å². The number of nitrogens with one attached hydrogen (secondary N) is 1. The molecule has 0 aromatic rings. The van der Waals surface area contributed by atoms with Crippen molar-refractivity contribution >= 4 is 24.2 Å². The second-order valence-electron chi connectivity index (χ2n) is 6.47. The molecule has 1 fully saturated rings. The molecular formula is C14H28ClN3O2. The lowest BCUT2D eigenvalue weighted by Crippen LogP contribution is -2.44. The van der Waals surface area contributed by atoms with Gasteiger partial charge >= 0.3 is 0 Å². The van der Waals surface area contributed by atoms with Crippen LogP contribution in [-0.2, 0) is 9.59 Å². The van der Waals surface area contributed by atoms with Gasteiger partial charge in [-0.1, -0.05) is 19.3 Å². The summed E-state index contributed by atoms with van der Waals surface area (Å²) in [5, 5.41) is 2.82. The van der Waals surface area contributed by atoms with Crippen LogP contribution in [0.15, 0.2) is 0 Å². The summed E-state index contributed by atoms with van der Waals surface area (Å²) in [6, 6.07) is 0. The summed E-state index contributed by atoms with van der Waals surface area (Å²) < 4.78 is 0.